The normalized spacial score (nSPS) is 11.8. The van der Waals surface area contributed by atoms with Crippen LogP contribution in [-0.4, -0.2) is 0 Å². The average molecular weight is 165 g/mol. The third-order valence-corrected chi connectivity index (χ3v) is 1.81. The van der Waals surface area contributed by atoms with Crippen molar-refractivity contribution in [2.24, 2.45) is 0 Å². The van der Waals surface area contributed by atoms with Crippen LogP contribution in [0.3, 0.4) is 0 Å². The Kier molecular flexibility index (Phi) is 10.0. The van der Waals surface area contributed by atoms with E-state index in [2.05, 4.69) is 31.2 Å². The van der Waals surface area contributed by atoms with Crippen molar-refractivity contribution in [3.05, 3.63) is 31.2 Å². The van der Waals surface area contributed by atoms with Crippen molar-refractivity contribution in [1.82, 2.24) is 0 Å². The number of unbranched alkanes of at least 4 members (excludes halogenated alkanes) is 5. The second-order valence-corrected chi connectivity index (χ2v) is 3.01. The number of rotatable bonds is 7. The molecule has 0 bridgehead atoms. The molecular weight excluding hydrogens is 144 g/mol. The van der Waals surface area contributed by atoms with Gasteiger partial charge < -0.3 is 0 Å². The Morgan fingerprint density at radius 1 is 1.00 bits per heavy atom. The number of allylic oxidation sites excluding steroid dienone is 4. The molecule has 0 N–H and O–H groups in total. The molecule has 0 aromatic heterocycles. The molecule has 0 aromatic carbocycles. The van der Waals surface area contributed by atoms with Crippen LogP contribution < -0.4 is 0 Å². The lowest BCUT2D eigenvalue weighted by molar-refractivity contribution is 0.651. The highest BCUT2D eigenvalue weighted by atomic mass is 13.9. The maximum absolute atomic E-state index is 3.82. The fourth-order valence-electron chi connectivity index (χ4n) is 1.08. The molecule has 0 aliphatic carbocycles. The van der Waals surface area contributed by atoms with Crippen molar-refractivity contribution in [3.8, 4) is 0 Å². The first-order valence-corrected chi connectivity index (χ1v) is 4.99. The Morgan fingerprint density at radius 3 is 2.42 bits per heavy atom. The lowest BCUT2D eigenvalue weighted by Gasteiger charge is -1.95. The van der Waals surface area contributed by atoms with Crippen LogP contribution in [0.2, 0.25) is 0 Å². The van der Waals surface area contributed by atoms with Gasteiger partial charge in [0, 0.05) is 0 Å². The molecule has 0 nitrogen and oxygen atoms in total. The minimum absolute atomic E-state index is 1.09. The molecule has 0 unspecified atom stereocenters. The summed E-state index contributed by atoms with van der Waals surface area (Å²) in [5.41, 5.74) is 0. The summed E-state index contributed by atoms with van der Waals surface area (Å²) in [4.78, 5) is 0. The van der Waals surface area contributed by atoms with Crippen LogP contribution in [0.15, 0.2) is 24.3 Å². The first kappa shape index (κ1) is 11.5. The lowest BCUT2D eigenvalue weighted by Crippen LogP contribution is -1.75. The van der Waals surface area contributed by atoms with E-state index in [0.717, 1.165) is 6.42 Å². The molecule has 0 atom stereocenters. The topological polar surface area (TPSA) is 0 Å². The van der Waals surface area contributed by atoms with E-state index in [1.165, 1.54) is 32.1 Å². The van der Waals surface area contributed by atoms with E-state index in [9.17, 15) is 0 Å². The molecule has 1 radical (unpaired) electrons. The molecule has 0 rings (SSSR count). The van der Waals surface area contributed by atoms with E-state index in [4.69, 9.17) is 0 Å². The van der Waals surface area contributed by atoms with Crippen molar-refractivity contribution in [2.75, 3.05) is 0 Å². The summed E-state index contributed by atoms with van der Waals surface area (Å²) in [5.74, 6) is 0. The largest absolute Gasteiger partial charge is 0.0877 e. The molecule has 12 heavy (non-hydrogen) atoms. The van der Waals surface area contributed by atoms with Crippen LogP contribution in [0.4, 0.5) is 0 Å². The maximum Gasteiger partial charge on any atom is -0.0348 e. The van der Waals surface area contributed by atoms with Crippen molar-refractivity contribution < 1.29 is 0 Å². The predicted molar refractivity (Wildman–Crippen MR) is 57.0 cm³/mol. The molecule has 0 aliphatic heterocycles. The van der Waals surface area contributed by atoms with Gasteiger partial charge in [0.2, 0.25) is 0 Å². The molecule has 69 valence electrons. The Hall–Kier alpha value is -0.520. The van der Waals surface area contributed by atoms with Gasteiger partial charge in [-0.3, -0.25) is 0 Å². The minimum Gasteiger partial charge on any atom is -0.0877 e. The summed E-state index contributed by atoms with van der Waals surface area (Å²) in [6, 6.07) is 0. The summed E-state index contributed by atoms with van der Waals surface area (Å²) >= 11 is 0. The summed E-state index contributed by atoms with van der Waals surface area (Å²) < 4.78 is 0. The van der Waals surface area contributed by atoms with E-state index in [0.29, 0.717) is 0 Å². The maximum atomic E-state index is 3.82. The number of hydrogen-bond acceptors (Lipinski definition) is 0. The van der Waals surface area contributed by atoms with Gasteiger partial charge in [0.25, 0.3) is 0 Å². The summed E-state index contributed by atoms with van der Waals surface area (Å²) in [5, 5.41) is 0. The molecule has 0 saturated heterocycles. The molecule has 0 saturated carbocycles. The quantitative estimate of drug-likeness (QED) is 0.390. The van der Waals surface area contributed by atoms with Gasteiger partial charge >= 0.3 is 0 Å². The fraction of sp³-hybridized carbons (Fsp3) is 0.583. The van der Waals surface area contributed by atoms with Crippen LogP contribution in [0.5, 0.6) is 0 Å². The van der Waals surface area contributed by atoms with Crippen LogP contribution in [0, 0.1) is 6.92 Å². The standard InChI is InChI=1S/C12H21/c1-3-5-7-9-11-12-10-8-6-4-2/h4,6,8,10H,1,3,5,7,9,11-12H2,2H3/b6-4+,10-8+. The van der Waals surface area contributed by atoms with E-state index in [1.807, 2.05) is 6.92 Å². The van der Waals surface area contributed by atoms with Crippen molar-refractivity contribution in [2.45, 2.75) is 45.4 Å². The molecule has 0 heteroatoms. The molecule has 0 amide bonds. The third kappa shape index (κ3) is 9.48. The Labute approximate surface area is 77.4 Å². The first-order valence-electron chi connectivity index (χ1n) is 4.99. The molecule has 0 fully saturated rings. The summed E-state index contributed by atoms with van der Waals surface area (Å²) in [6.07, 6.45) is 16.1. The average Bonchev–Trinajstić information content (AvgIpc) is 2.10. The predicted octanol–water partition coefficient (Wildman–Crippen LogP) is 4.29. The monoisotopic (exact) mass is 165 g/mol. The van der Waals surface area contributed by atoms with Gasteiger partial charge in [0.15, 0.2) is 0 Å². The van der Waals surface area contributed by atoms with Crippen LogP contribution in [0.1, 0.15) is 45.4 Å². The van der Waals surface area contributed by atoms with Gasteiger partial charge in [-0.05, 0) is 19.8 Å². The smallest absolute Gasteiger partial charge is 0.0348 e. The molecular formula is C12H21. The van der Waals surface area contributed by atoms with Gasteiger partial charge in [0.1, 0.15) is 0 Å². The van der Waals surface area contributed by atoms with Crippen LogP contribution in [-0.2, 0) is 0 Å². The van der Waals surface area contributed by atoms with Crippen molar-refractivity contribution >= 4 is 0 Å². The second-order valence-electron chi connectivity index (χ2n) is 3.01. The van der Waals surface area contributed by atoms with Gasteiger partial charge in [0.05, 0.1) is 0 Å². The van der Waals surface area contributed by atoms with Gasteiger partial charge in [-0.25, -0.2) is 0 Å². The molecule has 0 aliphatic rings. The minimum atomic E-state index is 1.09. The van der Waals surface area contributed by atoms with E-state index >= 15 is 0 Å². The van der Waals surface area contributed by atoms with Gasteiger partial charge in [-0.1, -0.05) is 56.9 Å². The van der Waals surface area contributed by atoms with E-state index < -0.39 is 0 Å². The summed E-state index contributed by atoms with van der Waals surface area (Å²) in [7, 11) is 0. The van der Waals surface area contributed by atoms with Gasteiger partial charge in [-0.2, -0.15) is 0 Å². The third-order valence-electron chi connectivity index (χ3n) is 1.81. The zero-order valence-electron chi connectivity index (χ0n) is 8.26. The highest BCUT2D eigenvalue weighted by Gasteiger charge is 1.85. The van der Waals surface area contributed by atoms with E-state index in [1.54, 1.807) is 0 Å². The SMILES string of the molecule is [CH2]CCCCCC/C=C/C=C/C. The fourth-order valence-corrected chi connectivity index (χ4v) is 1.08. The first-order chi connectivity index (χ1) is 5.91. The van der Waals surface area contributed by atoms with Crippen LogP contribution in [0.25, 0.3) is 0 Å². The molecule has 0 heterocycles. The zero-order valence-corrected chi connectivity index (χ0v) is 8.26. The highest BCUT2D eigenvalue weighted by molar-refractivity contribution is 5.00. The van der Waals surface area contributed by atoms with Crippen LogP contribution >= 0.6 is 0 Å². The Bertz CT molecular complexity index is 120. The lowest BCUT2D eigenvalue weighted by atomic mass is 10.1. The van der Waals surface area contributed by atoms with E-state index in [-0.39, 0.29) is 0 Å². The Morgan fingerprint density at radius 2 is 1.75 bits per heavy atom. The van der Waals surface area contributed by atoms with Gasteiger partial charge in [-0.15, -0.1) is 0 Å². The second kappa shape index (κ2) is 10.5. The highest BCUT2D eigenvalue weighted by Crippen LogP contribution is 2.04. The molecule has 0 spiro atoms. The van der Waals surface area contributed by atoms with Crippen molar-refractivity contribution in [3.63, 3.8) is 0 Å². The zero-order chi connectivity index (χ0) is 9.07. The summed E-state index contributed by atoms with van der Waals surface area (Å²) in [6.45, 7) is 5.86. The number of hydrogen-bond donors (Lipinski definition) is 0. The molecule has 0 aromatic rings. The Balaban J connectivity index is 3.00. The van der Waals surface area contributed by atoms with Crippen molar-refractivity contribution in [1.29, 1.82) is 0 Å².